The van der Waals surface area contributed by atoms with Gasteiger partial charge in [-0.15, -0.1) is 0 Å². The van der Waals surface area contributed by atoms with Crippen LogP contribution in [0.3, 0.4) is 0 Å². The molecule has 0 heterocycles. The fourth-order valence-corrected chi connectivity index (χ4v) is 2.16. The standard InChI is InChI=1S/C14H11BrF2N2O2/c1-21-14(20)8-3-2-4-11(12(8)18)19-13-9(16)5-7(15)6-10(13)17/h2-6,19H,18H2,1H3. The predicted octanol–water partition coefficient (Wildman–Crippen LogP) is 3.84. The number of ether oxygens (including phenoxy) is 1. The first-order valence-electron chi connectivity index (χ1n) is 5.82. The molecule has 21 heavy (non-hydrogen) atoms. The second-order valence-electron chi connectivity index (χ2n) is 4.13. The maximum atomic E-state index is 13.8. The largest absolute Gasteiger partial charge is 0.465 e. The number of esters is 1. The van der Waals surface area contributed by atoms with E-state index in [4.69, 9.17) is 5.73 Å². The monoisotopic (exact) mass is 356 g/mol. The smallest absolute Gasteiger partial charge is 0.340 e. The second kappa shape index (κ2) is 6.09. The lowest BCUT2D eigenvalue weighted by Crippen LogP contribution is -2.08. The van der Waals surface area contributed by atoms with Crippen LogP contribution in [0.25, 0.3) is 0 Å². The summed E-state index contributed by atoms with van der Waals surface area (Å²) in [5.74, 6) is -2.21. The van der Waals surface area contributed by atoms with Gasteiger partial charge in [-0.05, 0) is 24.3 Å². The minimum Gasteiger partial charge on any atom is -0.465 e. The summed E-state index contributed by atoms with van der Waals surface area (Å²) in [6.45, 7) is 0. The number of hydrogen-bond donors (Lipinski definition) is 2. The lowest BCUT2D eigenvalue weighted by atomic mass is 10.1. The number of halogens is 3. The van der Waals surface area contributed by atoms with Crippen molar-refractivity contribution in [2.75, 3.05) is 18.2 Å². The normalized spacial score (nSPS) is 10.3. The predicted molar refractivity (Wildman–Crippen MR) is 79.5 cm³/mol. The molecule has 0 aliphatic rings. The van der Waals surface area contributed by atoms with Crippen molar-refractivity contribution in [2.24, 2.45) is 0 Å². The highest BCUT2D eigenvalue weighted by atomic mass is 79.9. The molecule has 0 radical (unpaired) electrons. The van der Waals surface area contributed by atoms with Gasteiger partial charge in [0.2, 0.25) is 0 Å². The number of para-hydroxylation sites is 1. The van der Waals surface area contributed by atoms with E-state index in [-0.39, 0.29) is 27.1 Å². The van der Waals surface area contributed by atoms with Crippen LogP contribution in [-0.2, 0) is 4.74 Å². The van der Waals surface area contributed by atoms with Crippen LogP contribution < -0.4 is 11.1 Å². The van der Waals surface area contributed by atoms with Crippen LogP contribution in [0.4, 0.5) is 25.8 Å². The van der Waals surface area contributed by atoms with Crippen LogP contribution >= 0.6 is 15.9 Å². The van der Waals surface area contributed by atoms with E-state index >= 15 is 0 Å². The van der Waals surface area contributed by atoms with E-state index in [0.717, 1.165) is 12.1 Å². The SMILES string of the molecule is COC(=O)c1cccc(Nc2c(F)cc(Br)cc2F)c1N. The zero-order chi connectivity index (χ0) is 15.6. The third-order valence-electron chi connectivity index (χ3n) is 2.78. The highest BCUT2D eigenvalue weighted by molar-refractivity contribution is 9.10. The number of methoxy groups -OCH3 is 1. The molecule has 3 N–H and O–H groups in total. The van der Waals surface area contributed by atoms with Crippen molar-refractivity contribution in [3.8, 4) is 0 Å². The van der Waals surface area contributed by atoms with Crippen LogP contribution in [0.15, 0.2) is 34.8 Å². The molecule has 0 atom stereocenters. The topological polar surface area (TPSA) is 64.3 Å². The van der Waals surface area contributed by atoms with E-state index in [1.165, 1.54) is 25.3 Å². The Morgan fingerprint density at radius 2 is 1.90 bits per heavy atom. The number of benzene rings is 2. The summed E-state index contributed by atoms with van der Waals surface area (Å²) in [5.41, 5.74) is 5.83. The van der Waals surface area contributed by atoms with Gasteiger partial charge in [0.05, 0.1) is 24.0 Å². The van der Waals surface area contributed by atoms with E-state index in [0.29, 0.717) is 0 Å². The Kier molecular flexibility index (Phi) is 4.42. The van der Waals surface area contributed by atoms with Crippen LogP contribution in [0.2, 0.25) is 0 Å². The summed E-state index contributed by atoms with van der Waals surface area (Å²) in [6.07, 6.45) is 0. The molecule has 0 fully saturated rings. The molecule has 0 unspecified atom stereocenters. The van der Waals surface area contributed by atoms with Gasteiger partial charge in [0.1, 0.15) is 5.69 Å². The van der Waals surface area contributed by atoms with Crippen LogP contribution in [0.1, 0.15) is 10.4 Å². The summed E-state index contributed by atoms with van der Waals surface area (Å²) >= 11 is 2.99. The van der Waals surface area contributed by atoms with E-state index in [1.54, 1.807) is 0 Å². The van der Waals surface area contributed by atoms with Gasteiger partial charge in [0, 0.05) is 4.47 Å². The molecule has 2 aromatic rings. The summed E-state index contributed by atoms with van der Waals surface area (Å²) in [6, 6.07) is 6.72. The van der Waals surface area contributed by atoms with Crippen molar-refractivity contribution < 1.29 is 18.3 Å². The van der Waals surface area contributed by atoms with Gasteiger partial charge in [0.25, 0.3) is 0 Å². The molecule has 110 valence electrons. The lowest BCUT2D eigenvalue weighted by molar-refractivity contribution is 0.0602. The van der Waals surface area contributed by atoms with Gasteiger partial charge in [-0.3, -0.25) is 0 Å². The van der Waals surface area contributed by atoms with Crippen molar-refractivity contribution in [1.29, 1.82) is 0 Å². The first kappa shape index (κ1) is 15.2. The molecule has 2 aromatic carbocycles. The van der Waals surface area contributed by atoms with Gasteiger partial charge in [-0.25, -0.2) is 13.6 Å². The second-order valence-corrected chi connectivity index (χ2v) is 5.04. The van der Waals surface area contributed by atoms with Crippen molar-refractivity contribution in [3.05, 3.63) is 52.0 Å². The molecule has 0 aliphatic heterocycles. The summed E-state index contributed by atoms with van der Waals surface area (Å²) in [4.78, 5) is 11.5. The molecule has 2 rings (SSSR count). The molecule has 0 saturated carbocycles. The third-order valence-corrected chi connectivity index (χ3v) is 3.24. The minimum atomic E-state index is -0.787. The molecular formula is C14H11BrF2N2O2. The number of carbonyl (C=O) groups excluding carboxylic acids is 1. The maximum Gasteiger partial charge on any atom is 0.340 e. The van der Waals surface area contributed by atoms with Crippen LogP contribution in [0, 0.1) is 11.6 Å². The maximum absolute atomic E-state index is 13.8. The Morgan fingerprint density at radius 1 is 1.29 bits per heavy atom. The van der Waals surface area contributed by atoms with Gasteiger partial charge >= 0.3 is 5.97 Å². The first-order chi connectivity index (χ1) is 9.93. The molecule has 0 spiro atoms. The molecule has 0 aliphatic carbocycles. The molecule has 0 amide bonds. The minimum absolute atomic E-state index is 0.0473. The Balaban J connectivity index is 2.44. The average molecular weight is 357 g/mol. The van der Waals surface area contributed by atoms with E-state index in [1.807, 2.05) is 0 Å². The molecule has 4 nitrogen and oxygen atoms in total. The Bertz CT molecular complexity index is 684. The fraction of sp³-hybridized carbons (Fsp3) is 0.0714. The first-order valence-corrected chi connectivity index (χ1v) is 6.61. The fourth-order valence-electron chi connectivity index (χ4n) is 1.76. The summed E-state index contributed by atoms with van der Waals surface area (Å²) in [5, 5.41) is 2.55. The third kappa shape index (κ3) is 3.13. The molecule has 0 aromatic heterocycles. The zero-order valence-electron chi connectivity index (χ0n) is 10.9. The van der Waals surface area contributed by atoms with Crippen LogP contribution in [-0.4, -0.2) is 13.1 Å². The average Bonchev–Trinajstić information content (AvgIpc) is 2.43. The van der Waals surface area contributed by atoms with Gasteiger partial charge in [-0.2, -0.15) is 0 Å². The van der Waals surface area contributed by atoms with Gasteiger partial charge in [0.15, 0.2) is 11.6 Å². The number of nitrogens with one attached hydrogen (secondary N) is 1. The Labute approximate surface area is 128 Å². The highest BCUT2D eigenvalue weighted by Crippen LogP contribution is 2.31. The number of anilines is 3. The van der Waals surface area contributed by atoms with Crippen molar-refractivity contribution in [1.82, 2.24) is 0 Å². The lowest BCUT2D eigenvalue weighted by Gasteiger charge is -2.13. The van der Waals surface area contributed by atoms with Crippen molar-refractivity contribution >= 4 is 39.0 Å². The number of rotatable bonds is 3. The van der Waals surface area contributed by atoms with E-state index < -0.39 is 17.6 Å². The van der Waals surface area contributed by atoms with Crippen molar-refractivity contribution in [2.45, 2.75) is 0 Å². The van der Waals surface area contributed by atoms with Crippen molar-refractivity contribution in [3.63, 3.8) is 0 Å². The molecular weight excluding hydrogens is 346 g/mol. The zero-order valence-corrected chi connectivity index (χ0v) is 12.5. The van der Waals surface area contributed by atoms with Crippen LogP contribution in [0.5, 0.6) is 0 Å². The van der Waals surface area contributed by atoms with Gasteiger partial charge < -0.3 is 15.8 Å². The Morgan fingerprint density at radius 3 is 2.48 bits per heavy atom. The Hall–Kier alpha value is -2.15. The number of hydrogen-bond acceptors (Lipinski definition) is 4. The van der Waals surface area contributed by atoms with Gasteiger partial charge in [-0.1, -0.05) is 22.0 Å². The van der Waals surface area contributed by atoms with E-state index in [9.17, 15) is 13.6 Å². The number of nitrogens with two attached hydrogens (primary N) is 1. The quantitative estimate of drug-likeness (QED) is 0.647. The number of nitrogen functional groups attached to an aromatic ring is 1. The summed E-state index contributed by atoms with van der Waals surface area (Å²) in [7, 11) is 1.22. The molecule has 7 heteroatoms. The molecule has 0 bridgehead atoms. The number of carbonyl (C=O) groups is 1. The van der Waals surface area contributed by atoms with E-state index in [2.05, 4.69) is 26.0 Å². The summed E-state index contributed by atoms with van der Waals surface area (Å²) < 4.78 is 32.4. The highest BCUT2D eigenvalue weighted by Gasteiger charge is 2.16. The molecule has 0 saturated heterocycles.